The summed E-state index contributed by atoms with van der Waals surface area (Å²) in [6, 6.07) is 4.28. The minimum Gasteiger partial charge on any atom is -0.469 e. The number of hydrogen-bond donors (Lipinski definition) is 1. The molecule has 1 aromatic carbocycles. The smallest absolute Gasteiger partial charge is 0.329 e. The second-order valence-corrected chi connectivity index (χ2v) is 6.40. The zero-order valence-electron chi connectivity index (χ0n) is 15.8. The summed E-state index contributed by atoms with van der Waals surface area (Å²) in [6.07, 6.45) is -0.0191. The molecule has 0 radical (unpaired) electrons. The number of nitrogens with one attached hydrogen (secondary N) is 1. The van der Waals surface area contributed by atoms with E-state index in [9.17, 15) is 24.5 Å². The fourth-order valence-corrected chi connectivity index (χ4v) is 2.59. The lowest BCUT2D eigenvalue weighted by Gasteiger charge is -2.26. The van der Waals surface area contributed by atoms with Crippen molar-refractivity contribution in [1.82, 2.24) is 5.32 Å². The van der Waals surface area contributed by atoms with Gasteiger partial charge in [0.15, 0.2) is 0 Å². The summed E-state index contributed by atoms with van der Waals surface area (Å²) in [5.74, 6) is -2.41. The molecule has 0 bridgehead atoms. The lowest BCUT2D eigenvalue weighted by Crippen LogP contribution is -2.46. The van der Waals surface area contributed by atoms with Crippen molar-refractivity contribution in [3.63, 3.8) is 0 Å². The van der Waals surface area contributed by atoms with Crippen molar-refractivity contribution in [3.05, 3.63) is 39.9 Å². The number of nitro benzene ring substituents is 1. The van der Waals surface area contributed by atoms with E-state index < -0.39 is 28.8 Å². The second kappa shape index (κ2) is 10.2. The molecule has 0 unspecified atom stereocenters. The lowest BCUT2D eigenvalue weighted by atomic mass is 9.88. The topological polar surface area (TPSA) is 125 Å². The van der Waals surface area contributed by atoms with E-state index >= 15 is 0 Å². The number of rotatable bonds is 9. The predicted molar refractivity (Wildman–Crippen MR) is 95.9 cm³/mol. The number of non-ortho nitro benzene ring substituents is 1. The van der Waals surface area contributed by atoms with Gasteiger partial charge < -0.3 is 14.8 Å². The number of carbonyl (C=O) groups is 3. The molecule has 0 aliphatic carbocycles. The van der Waals surface area contributed by atoms with Crippen molar-refractivity contribution in [2.24, 2.45) is 5.92 Å². The van der Waals surface area contributed by atoms with Gasteiger partial charge in [0.05, 0.1) is 25.6 Å². The SMILES string of the molecule is COC(=O)C[C@H](c1ccc([N+](=O)[O-])cc1)[C@H](NC(=O)CC(C)C)C(=O)OC. The fraction of sp³-hybridized carbons (Fsp3) is 0.500. The average molecular weight is 380 g/mol. The molecular formula is C18H24N2O7. The van der Waals surface area contributed by atoms with Gasteiger partial charge in [0.2, 0.25) is 5.91 Å². The molecule has 0 saturated carbocycles. The van der Waals surface area contributed by atoms with Crippen molar-refractivity contribution < 1.29 is 28.8 Å². The molecular weight excluding hydrogens is 356 g/mol. The first-order valence-corrected chi connectivity index (χ1v) is 8.37. The third-order valence-corrected chi connectivity index (χ3v) is 3.91. The number of amides is 1. The summed E-state index contributed by atoms with van der Waals surface area (Å²) >= 11 is 0. The van der Waals surface area contributed by atoms with Crippen LogP contribution >= 0.6 is 0 Å². The van der Waals surface area contributed by atoms with Crippen LogP contribution in [-0.4, -0.2) is 43.0 Å². The van der Waals surface area contributed by atoms with Crippen LogP contribution in [0.2, 0.25) is 0 Å². The molecule has 148 valence electrons. The number of benzene rings is 1. The zero-order chi connectivity index (χ0) is 20.6. The van der Waals surface area contributed by atoms with Gasteiger partial charge in [-0.25, -0.2) is 4.79 Å². The molecule has 9 nitrogen and oxygen atoms in total. The molecule has 0 aliphatic heterocycles. The molecule has 0 aromatic heterocycles. The van der Waals surface area contributed by atoms with Gasteiger partial charge in [-0.15, -0.1) is 0 Å². The molecule has 0 saturated heterocycles. The van der Waals surface area contributed by atoms with Crippen LogP contribution in [0, 0.1) is 16.0 Å². The minimum absolute atomic E-state index is 0.0710. The minimum atomic E-state index is -1.14. The zero-order valence-corrected chi connectivity index (χ0v) is 15.8. The normalized spacial score (nSPS) is 12.8. The van der Waals surface area contributed by atoms with Crippen LogP contribution < -0.4 is 5.32 Å². The number of nitrogens with zero attached hydrogens (tertiary/aromatic N) is 1. The van der Waals surface area contributed by atoms with Crippen LogP contribution in [0.5, 0.6) is 0 Å². The van der Waals surface area contributed by atoms with Gasteiger partial charge in [-0.05, 0) is 11.5 Å². The lowest BCUT2D eigenvalue weighted by molar-refractivity contribution is -0.384. The maximum Gasteiger partial charge on any atom is 0.329 e. The van der Waals surface area contributed by atoms with E-state index in [0.29, 0.717) is 5.56 Å². The van der Waals surface area contributed by atoms with Crippen molar-refractivity contribution in [3.8, 4) is 0 Å². The van der Waals surface area contributed by atoms with Crippen molar-refractivity contribution >= 4 is 23.5 Å². The number of esters is 2. The summed E-state index contributed by atoms with van der Waals surface area (Å²) in [7, 11) is 2.38. The molecule has 2 atom stereocenters. The quantitative estimate of drug-likeness (QED) is 0.394. The maximum atomic E-state index is 12.3. The van der Waals surface area contributed by atoms with Crippen LogP contribution in [0.25, 0.3) is 0 Å². The van der Waals surface area contributed by atoms with E-state index in [1.54, 1.807) is 0 Å². The highest BCUT2D eigenvalue weighted by atomic mass is 16.6. The Balaban J connectivity index is 3.24. The number of hydrogen-bond acceptors (Lipinski definition) is 7. The van der Waals surface area contributed by atoms with Crippen LogP contribution in [0.3, 0.4) is 0 Å². The molecule has 0 fully saturated rings. The third kappa shape index (κ3) is 6.69. The molecule has 1 aromatic rings. The van der Waals surface area contributed by atoms with Gasteiger partial charge in [0.25, 0.3) is 5.69 Å². The standard InChI is InChI=1S/C18H24N2O7/c1-11(2)9-15(21)19-17(18(23)27-4)14(10-16(22)26-3)12-5-7-13(8-6-12)20(24)25/h5-8,11,14,17H,9-10H2,1-4H3,(H,19,21)/t14-,17+/m1/s1. The van der Waals surface area contributed by atoms with E-state index in [1.807, 2.05) is 13.8 Å². The first kappa shape index (κ1) is 22.1. The Bertz CT molecular complexity index is 685. The molecule has 27 heavy (non-hydrogen) atoms. The van der Waals surface area contributed by atoms with Gasteiger partial charge in [-0.2, -0.15) is 0 Å². The second-order valence-electron chi connectivity index (χ2n) is 6.40. The summed E-state index contributed by atoms with van der Waals surface area (Å²) < 4.78 is 9.47. The number of methoxy groups -OCH3 is 2. The van der Waals surface area contributed by atoms with Crippen LogP contribution in [0.4, 0.5) is 5.69 Å². The van der Waals surface area contributed by atoms with Crippen molar-refractivity contribution in [2.45, 2.75) is 38.6 Å². The molecule has 1 amide bonds. The van der Waals surface area contributed by atoms with Gasteiger partial charge in [-0.3, -0.25) is 19.7 Å². The average Bonchev–Trinajstić information content (AvgIpc) is 2.63. The van der Waals surface area contributed by atoms with E-state index in [2.05, 4.69) is 10.1 Å². The van der Waals surface area contributed by atoms with Gasteiger partial charge in [0.1, 0.15) is 6.04 Å². The van der Waals surface area contributed by atoms with Gasteiger partial charge in [0, 0.05) is 24.5 Å². The van der Waals surface area contributed by atoms with E-state index in [4.69, 9.17) is 4.74 Å². The Morgan fingerprint density at radius 2 is 1.67 bits per heavy atom. The largest absolute Gasteiger partial charge is 0.469 e. The Hall–Kier alpha value is -2.97. The maximum absolute atomic E-state index is 12.3. The fourth-order valence-electron chi connectivity index (χ4n) is 2.59. The molecule has 0 spiro atoms. The highest BCUT2D eigenvalue weighted by Crippen LogP contribution is 2.27. The summed E-state index contributed by atoms with van der Waals surface area (Å²) in [5, 5.41) is 13.5. The van der Waals surface area contributed by atoms with E-state index in [-0.39, 0.29) is 30.4 Å². The van der Waals surface area contributed by atoms with Gasteiger partial charge in [-0.1, -0.05) is 26.0 Å². The Labute approximate surface area is 157 Å². The molecule has 1 rings (SSSR count). The van der Waals surface area contributed by atoms with Crippen LogP contribution in [0.15, 0.2) is 24.3 Å². The summed E-state index contributed by atoms with van der Waals surface area (Å²) in [6.45, 7) is 3.71. The number of ether oxygens (including phenoxy) is 2. The predicted octanol–water partition coefficient (Wildman–Crippen LogP) is 1.95. The van der Waals surface area contributed by atoms with E-state index in [0.717, 1.165) is 0 Å². The Morgan fingerprint density at radius 1 is 1.07 bits per heavy atom. The monoisotopic (exact) mass is 380 g/mol. The summed E-state index contributed by atoms with van der Waals surface area (Å²) in [5.41, 5.74) is 0.334. The summed E-state index contributed by atoms with van der Waals surface area (Å²) in [4.78, 5) is 46.6. The molecule has 1 N–H and O–H groups in total. The van der Waals surface area contributed by atoms with Crippen molar-refractivity contribution in [1.29, 1.82) is 0 Å². The van der Waals surface area contributed by atoms with Gasteiger partial charge >= 0.3 is 11.9 Å². The third-order valence-electron chi connectivity index (χ3n) is 3.91. The highest BCUT2D eigenvalue weighted by molar-refractivity contribution is 5.86. The van der Waals surface area contributed by atoms with E-state index in [1.165, 1.54) is 38.5 Å². The van der Waals surface area contributed by atoms with Crippen LogP contribution in [-0.2, 0) is 23.9 Å². The van der Waals surface area contributed by atoms with Crippen molar-refractivity contribution in [2.75, 3.05) is 14.2 Å². The highest BCUT2D eigenvalue weighted by Gasteiger charge is 2.34. The molecule has 0 heterocycles. The first-order chi connectivity index (χ1) is 12.7. The Kier molecular flexibility index (Phi) is 8.37. The van der Waals surface area contributed by atoms with Crippen LogP contribution in [0.1, 0.15) is 38.2 Å². The Morgan fingerprint density at radius 3 is 2.11 bits per heavy atom. The number of carbonyl (C=O) groups excluding carboxylic acids is 3. The first-order valence-electron chi connectivity index (χ1n) is 8.37. The molecule has 0 aliphatic rings. The molecule has 9 heteroatoms. The number of nitro groups is 1.